The van der Waals surface area contributed by atoms with E-state index in [2.05, 4.69) is 0 Å². The first-order valence-electron chi connectivity index (χ1n) is 9.70. The number of hydrogen-bond acceptors (Lipinski definition) is 6. The SMILES string of the molecule is CCOc1cc(C(=O)/C(=C/c2cc(OC)c3c(c2)OCCO3)C(C)C)ccc1N. The van der Waals surface area contributed by atoms with Gasteiger partial charge in [0.25, 0.3) is 0 Å². The Bertz CT molecular complexity index is 916. The fourth-order valence-electron chi connectivity index (χ4n) is 3.17. The number of carbonyl (C=O) groups is 1. The second-order valence-electron chi connectivity index (χ2n) is 7.02. The molecule has 0 radical (unpaired) electrons. The number of ether oxygens (including phenoxy) is 4. The van der Waals surface area contributed by atoms with Gasteiger partial charge in [0.05, 0.1) is 19.4 Å². The molecule has 0 saturated carbocycles. The van der Waals surface area contributed by atoms with Crippen LogP contribution in [-0.4, -0.2) is 32.7 Å². The molecule has 0 bridgehead atoms. The maximum atomic E-state index is 13.2. The first-order valence-corrected chi connectivity index (χ1v) is 9.70. The largest absolute Gasteiger partial charge is 0.493 e. The van der Waals surface area contributed by atoms with E-state index in [-0.39, 0.29) is 11.7 Å². The fourth-order valence-corrected chi connectivity index (χ4v) is 3.17. The molecule has 2 N–H and O–H groups in total. The molecule has 2 aromatic carbocycles. The van der Waals surface area contributed by atoms with Crippen molar-refractivity contribution < 1.29 is 23.7 Å². The number of methoxy groups -OCH3 is 1. The summed E-state index contributed by atoms with van der Waals surface area (Å²) < 4.78 is 22.3. The van der Waals surface area contributed by atoms with Gasteiger partial charge in [-0.05, 0) is 54.8 Å². The predicted octanol–water partition coefficient (Wildman–Crippen LogP) is 4.37. The van der Waals surface area contributed by atoms with Gasteiger partial charge in [-0.15, -0.1) is 0 Å². The van der Waals surface area contributed by atoms with E-state index >= 15 is 0 Å². The van der Waals surface area contributed by atoms with Crippen molar-refractivity contribution >= 4 is 17.5 Å². The number of Topliss-reactive ketones (excluding diaryl/α,β-unsaturated/α-hetero) is 1. The highest BCUT2D eigenvalue weighted by atomic mass is 16.6. The van der Waals surface area contributed by atoms with E-state index in [1.807, 2.05) is 39.0 Å². The summed E-state index contributed by atoms with van der Waals surface area (Å²) in [6, 6.07) is 8.82. The van der Waals surface area contributed by atoms with Gasteiger partial charge in [-0.2, -0.15) is 0 Å². The minimum atomic E-state index is -0.0743. The lowest BCUT2D eigenvalue weighted by Gasteiger charge is -2.21. The number of ketones is 1. The highest BCUT2D eigenvalue weighted by Crippen LogP contribution is 2.41. The third kappa shape index (κ3) is 4.47. The van der Waals surface area contributed by atoms with Gasteiger partial charge in [-0.1, -0.05) is 13.8 Å². The summed E-state index contributed by atoms with van der Waals surface area (Å²) >= 11 is 0. The smallest absolute Gasteiger partial charge is 0.203 e. The highest BCUT2D eigenvalue weighted by molar-refractivity contribution is 6.12. The molecule has 6 heteroatoms. The second-order valence-corrected chi connectivity index (χ2v) is 7.02. The Morgan fingerprint density at radius 2 is 1.93 bits per heavy atom. The minimum absolute atomic E-state index is 0.00907. The summed E-state index contributed by atoms with van der Waals surface area (Å²) in [6.07, 6.45) is 1.87. The molecule has 1 aliphatic rings. The number of nitrogens with two attached hydrogens (primary N) is 1. The van der Waals surface area contributed by atoms with Crippen molar-refractivity contribution in [2.45, 2.75) is 20.8 Å². The molecule has 0 amide bonds. The summed E-state index contributed by atoms with van der Waals surface area (Å²) in [5.41, 5.74) is 8.46. The van der Waals surface area contributed by atoms with Crippen LogP contribution in [0.4, 0.5) is 5.69 Å². The van der Waals surface area contributed by atoms with Crippen molar-refractivity contribution in [1.82, 2.24) is 0 Å². The van der Waals surface area contributed by atoms with Crippen LogP contribution in [0.2, 0.25) is 0 Å². The highest BCUT2D eigenvalue weighted by Gasteiger charge is 2.21. The first kappa shape index (κ1) is 20.6. The Morgan fingerprint density at radius 1 is 1.17 bits per heavy atom. The monoisotopic (exact) mass is 397 g/mol. The normalized spacial score (nSPS) is 13.3. The number of carbonyl (C=O) groups excluding carboxylic acids is 1. The van der Waals surface area contributed by atoms with Gasteiger partial charge < -0.3 is 24.7 Å². The molecule has 1 heterocycles. The standard InChI is InChI=1S/C23H27NO5/c1-5-27-19-13-16(6-7-18(19)24)22(25)17(14(2)3)10-15-11-20(26-4)23-21(12-15)28-8-9-29-23/h6-7,10-14H,5,8-9,24H2,1-4H3/b17-10+. The van der Waals surface area contributed by atoms with E-state index in [4.69, 9.17) is 24.7 Å². The molecule has 29 heavy (non-hydrogen) atoms. The van der Waals surface area contributed by atoms with Crippen molar-refractivity contribution in [2.75, 3.05) is 32.7 Å². The Kier molecular flexibility index (Phi) is 6.32. The van der Waals surface area contributed by atoms with Gasteiger partial charge in [-0.3, -0.25) is 4.79 Å². The van der Waals surface area contributed by atoms with Crippen LogP contribution in [0.25, 0.3) is 6.08 Å². The summed E-state index contributed by atoms with van der Waals surface area (Å²) in [5, 5.41) is 0. The lowest BCUT2D eigenvalue weighted by molar-refractivity contribution is 0.102. The molecule has 0 spiro atoms. The molecule has 0 aliphatic carbocycles. The molecule has 0 fully saturated rings. The van der Waals surface area contributed by atoms with Gasteiger partial charge in [0, 0.05) is 11.1 Å². The lowest BCUT2D eigenvalue weighted by atomic mass is 9.92. The molecular formula is C23H27NO5. The van der Waals surface area contributed by atoms with E-state index in [0.717, 1.165) is 5.56 Å². The molecular weight excluding hydrogens is 370 g/mol. The molecule has 6 nitrogen and oxygen atoms in total. The van der Waals surface area contributed by atoms with E-state index < -0.39 is 0 Å². The second kappa shape index (κ2) is 8.90. The van der Waals surface area contributed by atoms with E-state index in [9.17, 15) is 4.79 Å². The average Bonchev–Trinajstić information content (AvgIpc) is 2.72. The third-order valence-electron chi connectivity index (χ3n) is 4.63. The van der Waals surface area contributed by atoms with Crippen molar-refractivity contribution in [2.24, 2.45) is 5.92 Å². The third-order valence-corrected chi connectivity index (χ3v) is 4.63. The van der Waals surface area contributed by atoms with Gasteiger partial charge in [0.2, 0.25) is 5.75 Å². The lowest BCUT2D eigenvalue weighted by Crippen LogP contribution is -2.16. The summed E-state index contributed by atoms with van der Waals surface area (Å²) in [5.74, 6) is 2.24. The molecule has 3 rings (SSSR count). The van der Waals surface area contributed by atoms with Crippen LogP contribution in [0.3, 0.4) is 0 Å². The number of nitrogen functional groups attached to an aromatic ring is 1. The Balaban J connectivity index is 2.01. The Hall–Kier alpha value is -3.15. The van der Waals surface area contributed by atoms with Crippen LogP contribution < -0.4 is 24.7 Å². The molecule has 0 unspecified atom stereocenters. The van der Waals surface area contributed by atoms with Crippen molar-refractivity contribution in [3.63, 3.8) is 0 Å². The van der Waals surface area contributed by atoms with Gasteiger partial charge >= 0.3 is 0 Å². The number of rotatable bonds is 7. The Labute approximate surface area is 171 Å². The molecule has 154 valence electrons. The Morgan fingerprint density at radius 3 is 2.62 bits per heavy atom. The number of anilines is 1. The zero-order valence-corrected chi connectivity index (χ0v) is 17.3. The van der Waals surface area contributed by atoms with Crippen molar-refractivity contribution in [3.8, 4) is 23.0 Å². The zero-order valence-electron chi connectivity index (χ0n) is 17.3. The minimum Gasteiger partial charge on any atom is -0.493 e. The first-order chi connectivity index (χ1) is 13.9. The van der Waals surface area contributed by atoms with Crippen LogP contribution >= 0.6 is 0 Å². The van der Waals surface area contributed by atoms with E-state index in [1.54, 1.807) is 25.3 Å². The van der Waals surface area contributed by atoms with E-state index in [0.29, 0.717) is 59.6 Å². The topological polar surface area (TPSA) is 80.0 Å². The maximum absolute atomic E-state index is 13.2. The van der Waals surface area contributed by atoms with Crippen LogP contribution in [0.5, 0.6) is 23.0 Å². The van der Waals surface area contributed by atoms with Crippen LogP contribution in [-0.2, 0) is 0 Å². The predicted molar refractivity (Wildman–Crippen MR) is 113 cm³/mol. The van der Waals surface area contributed by atoms with Gasteiger partial charge in [0.15, 0.2) is 17.3 Å². The molecule has 0 saturated heterocycles. The summed E-state index contributed by atoms with van der Waals surface area (Å²) in [4.78, 5) is 13.2. The molecule has 0 aromatic heterocycles. The van der Waals surface area contributed by atoms with E-state index in [1.165, 1.54) is 0 Å². The number of fused-ring (bicyclic) bond motifs is 1. The van der Waals surface area contributed by atoms with Gasteiger partial charge in [-0.25, -0.2) is 0 Å². The van der Waals surface area contributed by atoms with Crippen molar-refractivity contribution in [3.05, 3.63) is 47.0 Å². The maximum Gasteiger partial charge on any atom is 0.203 e. The van der Waals surface area contributed by atoms with Crippen LogP contribution in [0, 0.1) is 5.92 Å². The summed E-state index contributed by atoms with van der Waals surface area (Å²) in [7, 11) is 1.58. The number of allylic oxidation sites excluding steroid dienone is 1. The summed E-state index contributed by atoms with van der Waals surface area (Å²) in [6.45, 7) is 7.28. The molecule has 2 aromatic rings. The quantitative estimate of drug-likeness (QED) is 0.425. The van der Waals surface area contributed by atoms with Gasteiger partial charge in [0.1, 0.15) is 19.0 Å². The van der Waals surface area contributed by atoms with Crippen LogP contribution in [0.15, 0.2) is 35.9 Å². The molecule has 0 atom stereocenters. The zero-order chi connectivity index (χ0) is 21.0. The van der Waals surface area contributed by atoms with Crippen molar-refractivity contribution in [1.29, 1.82) is 0 Å². The number of benzene rings is 2. The fraction of sp³-hybridized carbons (Fsp3) is 0.348. The average molecular weight is 397 g/mol. The van der Waals surface area contributed by atoms with Crippen LogP contribution in [0.1, 0.15) is 36.7 Å². The molecule has 1 aliphatic heterocycles. The number of hydrogen-bond donors (Lipinski definition) is 1.